The molecule has 2 amide bonds. The van der Waals surface area contributed by atoms with Gasteiger partial charge in [-0.05, 0) is 48.5 Å². The maximum absolute atomic E-state index is 12.2. The third kappa shape index (κ3) is 4.26. The number of furan rings is 1. The average Bonchev–Trinajstić information content (AvgIpc) is 3.10. The monoisotopic (exact) mass is 336 g/mol. The van der Waals surface area contributed by atoms with E-state index in [-0.39, 0.29) is 12.4 Å². The molecule has 3 rings (SSSR count). The van der Waals surface area contributed by atoms with Gasteiger partial charge >= 0.3 is 0 Å². The van der Waals surface area contributed by atoms with Gasteiger partial charge in [-0.25, -0.2) is 0 Å². The van der Waals surface area contributed by atoms with Gasteiger partial charge in [0.25, 0.3) is 5.91 Å². The normalized spacial score (nSPS) is 10.2. The second-order valence-electron chi connectivity index (χ2n) is 5.26. The van der Waals surface area contributed by atoms with Gasteiger partial charge in [-0.2, -0.15) is 0 Å². The highest BCUT2D eigenvalue weighted by Gasteiger charge is 2.12. The van der Waals surface area contributed by atoms with Crippen LogP contribution in [0.3, 0.4) is 0 Å². The summed E-state index contributed by atoms with van der Waals surface area (Å²) >= 11 is 0. The Kier molecular flexibility index (Phi) is 4.80. The van der Waals surface area contributed by atoms with Crippen LogP contribution in [0.1, 0.15) is 26.7 Å². The van der Waals surface area contributed by atoms with Crippen LogP contribution in [-0.4, -0.2) is 11.8 Å². The number of rotatable bonds is 6. The van der Waals surface area contributed by atoms with Crippen LogP contribution in [0.15, 0.2) is 71.1 Å². The maximum atomic E-state index is 12.2. The van der Waals surface area contributed by atoms with E-state index in [0.29, 0.717) is 17.0 Å². The summed E-state index contributed by atoms with van der Waals surface area (Å²) < 4.78 is 11.1. The van der Waals surface area contributed by atoms with Crippen LogP contribution in [-0.2, 0) is 6.61 Å². The first-order valence-electron chi connectivity index (χ1n) is 7.59. The lowest BCUT2D eigenvalue weighted by atomic mass is 10.2. The van der Waals surface area contributed by atoms with Crippen molar-refractivity contribution in [3.05, 3.63) is 83.8 Å². The molecule has 0 fully saturated rings. The minimum atomic E-state index is -0.521. The summed E-state index contributed by atoms with van der Waals surface area (Å²) in [5, 5.41) is 2.69. The van der Waals surface area contributed by atoms with Crippen molar-refractivity contribution in [2.24, 2.45) is 5.73 Å². The summed E-state index contributed by atoms with van der Waals surface area (Å²) in [6.45, 7) is 0.227. The number of nitrogens with one attached hydrogen (secondary N) is 1. The van der Waals surface area contributed by atoms with E-state index in [2.05, 4.69) is 5.32 Å². The molecule has 0 aliphatic rings. The molecule has 0 aliphatic heterocycles. The zero-order valence-corrected chi connectivity index (χ0v) is 13.3. The van der Waals surface area contributed by atoms with Crippen molar-refractivity contribution in [3.63, 3.8) is 0 Å². The largest absolute Gasteiger partial charge is 0.486 e. The Labute approximate surface area is 144 Å². The standard InChI is InChI=1S/C19H16N2O4/c20-18(22)13-6-8-14(9-7-13)21-19(23)17-11-10-16(25-17)12-24-15-4-2-1-3-5-15/h1-11H,12H2,(H2,20,22)(H,21,23). The molecule has 0 aliphatic carbocycles. The molecule has 126 valence electrons. The van der Waals surface area contributed by atoms with Crippen molar-refractivity contribution in [1.82, 2.24) is 0 Å². The first-order valence-corrected chi connectivity index (χ1v) is 7.59. The van der Waals surface area contributed by atoms with Gasteiger partial charge in [0.05, 0.1) is 0 Å². The highest BCUT2D eigenvalue weighted by molar-refractivity contribution is 6.02. The van der Waals surface area contributed by atoms with Gasteiger partial charge in [0.1, 0.15) is 18.1 Å². The fourth-order valence-electron chi connectivity index (χ4n) is 2.16. The number of carbonyl (C=O) groups is 2. The number of hydrogen-bond acceptors (Lipinski definition) is 4. The van der Waals surface area contributed by atoms with Gasteiger partial charge in [-0.3, -0.25) is 9.59 Å². The predicted octanol–water partition coefficient (Wildman–Crippen LogP) is 3.21. The highest BCUT2D eigenvalue weighted by Crippen LogP contribution is 2.16. The number of nitrogens with two attached hydrogens (primary N) is 1. The molecular weight excluding hydrogens is 320 g/mol. The van der Waals surface area contributed by atoms with Crippen LogP contribution >= 0.6 is 0 Å². The third-order valence-corrected chi connectivity index (χ3v) is 3.44. The summed E-state index contributed by atoms with van der Waals surface area (Å²) in [6, 6.07) is 18.9. The van der Waals surface area contributed by atoms with E-state index in [9.17, 15) is 9.59 Å². The van der Waals surface area contributed by atoms with Gasteiger partial charge in [0.15, 0.2) is 5.76 Å². The van der Waals surface area contributed by atoms with E-state index in [1.165, 1.54) is 0 Å². The summed E-state index contributed by atoms with van der Waals surface area (Å²) in [6.07, 6.45) is 0. The van der Waals surface area contributed by atoms with Crippen LogP contribution in [0, 0.1) is 0 Å². The van der Waals surface area contributed by atoms with E-state index in [0.717, 1.165) is 5.75 Å². The van der Waals surface area contributed by atoms with Crippen molar-refractivity contribution in [2.45, 2.75) is 6.61 Å². The SMILES string of the molecule is NC(=O)c1ccc(NC(=O)c2ccc(COc3ccccc3)o2)cc1. The van der Waals surface area contributed by atoms with Gasteiger partial charge < -0.3 is 20.2 Å². The Balaban J connectivity index is 1.59. The molecule has 0 saturated heterocycles. The van der Waals surface area contributed by atoms with E-state index in [1.54, 1.807) is 36.4 Å². The zero-order chi connectivity index (χ0) is 17.6. The molecule has 0 unspecified atom stereocenters. The predicted molar refractivity (Wildman–Crippen MR) is 92.4 cm³/mol. The highest BCUT2D eigenvalue weighted by atomic mass is 16.5. The summed E-state index contributed by atoms with van der Waals surface area (Å²) in [7, 11) is 0. The second kappa shape index (κ2) is 7.35. The number of para-hydroxylation sites is 1. The number of hydrogen-bond donors (Lipinski definition) is 2. The van der Waals surface area contributed by atoms with Crippen LogP contribution in [0.2, 0.25) is 0 Å². The molecule has 6 heteroatoms. The third-order valence-electron chi connectivity index (χ3n) is 3.44. The van der Waals surface area contributed by atoms with E-state index >= 15 is 0 Å². The fraction of sp³-hybridized carbons (Fsp3) is 0.0526. The molecule has 1 aromatic heterocycles. The van der Waals surface area contributed by atoms with E-state index < -0.39 is 11.8 Å². The molecule has 3 N–H and O–H groups in total. The minimum absolute atomic E-state index is 0.172. The van der Waals surface area contributed by atoms with Crippen molar-refractivity contribution in [2.75, 3.05) is 5.32 Å². The number of amides is 2. The van der Waals surface area contributed by atoms with Crippen molar-refractivity contribution in [3.8, 4) is 5.75 Å². The zero-order valence-electron chi connectivity index (χ0n) is 13.3. The van der Waals surface area contributed by atoms with Gasteiger partial charge in [-0.1, -0.05) is 18.2 Å². The smallest absolute Gasteiger partial charge is 0.291 e. The van der Waals surface area contributed by atoms with Gasteiger partial charge in [0.2, 0.25) is 5.91 Å². The number of anilines is 1. The molecule has 1 heterocycles. The molecule has 6 nitrogen and oxygen atoms in total. The van der Waals surface area contributed by atoms with Crippen molar-refractivity contribution >= 4 is 17.5 Å². The Morgan fingerprint density at radius 1 is 0.960 bits per heavy atom. The molecule has 0 atom stereocenters. The van der Waals surface area contributed by atoms with E-state index in [4.69, 9.17) is 14.9 Å². The first kappa shape index (κ1) is 16.3. The quantitative estimate of drug-likeness (QED) is 0.722. The lowest BCUT2D eigenvalue weighted by Gasteiger charge is -2.04. The van der Waals surface area contributed by atoms with Gasteiger partial charge in [0, 0.05) is 11.3 Å². The Morgan fingerprint density at radius 3 is 2.36 bits per heavy atom. The number of primary amides is 1. The first-order chi connectivity index (χ1) is 12.1. The number of ether oxygens (including phenoxy) is 1. The Bertz CT molecular complexity index is 870. The lowest BCUT2D eigenvalue weighted by molar-refractivity contribution is 0.0988. The Morgan fingerprint density at radius 2 is 1.68 bits per heavy atom. The Hall–Kier alpha value is -3.54. The molecule has 0 bridgehead atoms. The molecule has 0 saturated carbocycles. The van der Waals surface area contributed by atoms with Crippen molar-refractivity contribution in [1.29, 1.82) is 0 Å². The number of carbonyl (C=O) groups excluding carboxylic acids is 2. The van der Waals surface area contributed by atoms with Crippen molar-refractivity contribution < 1.29 is 18.7 Å². The minimum Gasteiger partial charge on any atom is -0.486 e. The molecular formula is C19H16N2O4. The van der Waals surface area contributed by atoms with Gasteiger partial charge in [-0.15, -0.1) is 0 Å². The molecule has 2 aromatic carbocycles. The maximum Gasteiger partial charge on any atom is 0.291 e. The average molecular weight is 336 g/mol. The van der Waals surface area contributed by atoms with Crippen LogP contribution in [0.5, 0.6) is 5.75 Å². The summed E-state index contributed by atoms with van der Waals surface area (Å²) in [4.78, 5) is 23.2. The van der Waals surface area contributed by atoms with Crippen LogP contribution in [0.4, 0.5) is 5.69 Å². The topological polar surface area (TPSA) is 94.6 Å². The fourth-order valence-corrected chi connectivity index (χ4v) is 2.16. The molecule has 0 radical (unpaired) electrons. The number of benzene rings is 2. The molecule has 0 spiro atoms. The summed E-state index contributed by atoms with van der Waals surface area (Å²) in [5.41, 5.74) is 6.08. The van der Waals surface area contributed by atoms with E-state index in [1.807, 2.05) is 30.3 Å². The summed E-state index contributed by atoms with van der Waals surface area (Å²) in [5.74, 6) is 0.521. The molecule has 25 heavy (non-hydrogen) atoms. The molecule has 3 aromatic rings. The second-order valence-corrected chi connectivity index (χ2v) is 5.26. The lowest BCUT2D eigenvalue weighted by Crippen LogP contribution is -2.13. The van der Waals surface area contributed by atoms with Crippen LogP contribution in [0.25, 0.3) is 0 Å². The van der Waals surface area contributed by atoms with Crippen LogP contribution < -0.4 is 15.8 Å².